The van der Waals surface area contributed by atoms with Crippen molar-refractivity contribution in [2.45, 2.75) is 20.3 Å². The summed E-state index contributed by atoms with van der Waals surface area (Å²) in [5.74, 6) is 0. The Hall–Kier alpha value is -0.670. The van der Waals surface area contributed by atoms with Crippen molar-refractivity contribution in [3.63, 3.8) is 0 Å². The molecular weight excluding hydrogens is 180 g/mol. The summed E-state index contributed by atoms with van der Waals surface area (Å²) in [6.45, 7) is 5.19. The minimum Gasteiger partial charge on any atom is -0.319 e. The largest absolute Gasteiger partial charge is 0.319 e. The van der Waals surface area contributed by atoms with Crippen LogP contribution < -0.4 is 5.32 Å². The molecule has 0 aliphatic heterocycles. The molecule has 0 aliphatic carbocycles. The van der Waals surface area contributed by atoms with Crippen molar-refractivity contribution < 1.29 is 0 Å². The van der Waals surface area contributed by atoms with Gasteiger partial charge in [-0.15, -0.1) is 11.3 Å². The summed E-state index contributed by atoms with van der Waals surface area (Å²) in [6.07, 6.45) is 5.32. The molecule has 0 fully saturated rings. The van der Waals surface area contributed by atoms with E-state index in [9.17, 15) is 0 Å². The third kappa shape index (κ3) is 3.28. The molecule has 0 amide bonds. The Morgan fingerprint density at radius 1 is 1.46 bits per heavy atom. The van der Waals surface area contributed by atoms with Crippen LogP contribution in [0.1, 0.15) is 22.0 Å². The number of aryl methyl sites for hydroxylation is 2. The van der Waals surface area contributed by atoms with E-state index in [1.54, 1.807) is 11.3 Å². The lowest BCUT2D eigenvalue weighted by molar-refractivity contribution is 0.809. The second kappa shape index (κ2) is 5.14. The molecule has 0 saturated heterocycles. The summed E-state index contributed by atoms with van der Waals surface area (Å²) in [4.78, 5) is 5.73. The van der Waals surface area contributed by atoms with Gasteiger partial charge < -0.3 is 5.32 Å². The Morgan fingerprint density at radius 2 is 2.23 bits per heavy atom. The average Bonchev–Trinajstić information content (AvgIpc) is 2.41. The van der Waals surface area contributed by atoms with Crippen LogP contribution in [0, 0.1) is 13.8 Å². The van der Waals surface area contributed by atoms with E-state index in [0.29, 0.717) is 0 Å². The highest BCUT2D eigenvalue weighted by Crippen LogP contribution is 2.17. The van der Waals surface area contributed by atoms with Crippen molar-refractivity contribution in [2.75, 3.05) is 13.6 Å². The van der Waals surface area contributed by atoms with Gasteiger partial charge in [0.2, 0.25) is 0 Å². The zero-order valence-corrected chi connectivity index (χ0v) is 9.24. The van der Waals surface area contributed by atoms with Gasteiger partial charge in [0.15, 0.2) is 0 Å². The molecule has 0 aromatic carbocycles. The molecule has 1 rings (SSSR count). The molecule has 0 saturated carbocycles. The maximum Gasteiger partial charge on any atom is 0.116 e. The fourth-order valence-corrected chi connectivity index (χ4v) is 1.83. The first-order chi connectivity index (χ1) is 6.24. The molecule has 0 unspecified atom stereocenters. The number of hydrogen-bond donors (Lipinski definition) is 1. The standard InChI is InChI=1S/C10H16N2S/c1-8-9(2)13-10(12-8)6-4-5-7-11-3/h4,6,11H,5,7H2,1-3H3. The number of rotatable bonds is 4. The first-order valence-electron chi connectivity index (χ1n) is 4.49. The summed E-state index contributed by atoms with van der Waals surface area (Å²) in [5.41, 5.74) is 1.15. The Labute approximate surface area is 83.7 Å². The van der Waals surface area contributed by atoms with Crippen molar-refractivity contribution in [2.24, 2.45) is 0 Å². The highest BCUT2D eigenvalue weighted by Gasteiger charge is 1.98. The summed E-state index contributed by atoms with van der Waals surface area (Å²) in [5, 5.41) is 4.22. The molecule has 0 spiro atoms. The topological polar surface area (TPSA) is 24.9 Å². The summed E-state index contributed by atoms with van der Waals surface area (Å²) in [6, 6.07) is 0. The molecule has 3 heteroatoms. The molecule has 0 atom stereocenters. The third-order valence-electron chi connectivity index (χ3n) is 1.87. The molecule has 1 heterocycles. The van der Waals surface area contributed by atoms with Gasteiger partial charge in [-0.3, -0.25) is 0 Å². The number of aromatic nitrogens is 1. The van der Waals surface area contributed by atoms with E-state index in [1.165, 1.54) is 4.88 Å². The lowest BCUT2D eigenvalue weighted by Gasteiger charge is -1.89. The van der Waals surface area contributed by atoms with Crippen LogP contribution >= 0.6 is 11.3 Å². The van der Waals surface area contributed by atoms with Gasteiger partial charge in [-0.2, -0.15) is 0 Å². The van der Waals surface area contributed by atoms with Crippen LogP contribution in [-0.2, 0) is 0 Å². The van der Waals surface area contributed by atoms with Crippen LogP contribution in [0.3, 0.4) is 0 Å². The van der Waals surface area contributed by atoms with Gasteiger partial charge in [-0.05, 0) is 39.9 Å². The van der Waals surface area contributed by atoms with Gasteiger partial charge in [-0.1, -0.05) is 6.08 Å². The van der Waals surface area contributed by atoms with Crippen LogP contribution in [0.2, 0.25) is 0 Å². The number of hydrogen-bond acceptors (Lipinski definition) is 3. The Bertz CT molecular complexity index is 270. The van der Waals surface area contributed by atoms with E-state index in [2.05, 4.69) is 36.3 Å². The van der Waals surface area contributed by atoms with E-state index in [4.69, 9.17) is 0 Å². The third-order valence-corrected chi connectivity index (χ3v) is 2.90. The van der Waals surface area contributed by atoms with E-state index >= 15 is 0 Å². The van der Waals surface area contributed by atoms with Gasteiger partial charge in [0.25, 0.3) is 0 Å². The first-order valence-corrected chi connectivity index (χ1v) is 5.31. The van der Waals surface area contributed by atoms with Gasteiger partial charge in [0, 0.05) is 4.88 Å². The highest BCUT2D eigenvalue weighted by molar-refractivity contribution is 7.12. The molecule has 72 valence electrons. The van der Waals surface area contributed by atoms with Crippen LogP contribution in [0.15, 0.2) is 6.08 Å². The molecule has 1 aromatic heterocycles. The molecule has 0 aliphatic rings. The van der Waals surface area contributed by atoms with E-state index in [0.717, 1.165) is 23.7 Å². The second-order valence-corrected chi connectivity index (χ2v) is 4.22. The Kier molecular flexibility index (Phi) is 4.12. The van der Waals surface area contributed by atoms with Crippen molar-refractivity contribution >= 4 is 17.4 Å². The molecule has 1 aromatic rings. The lowest BCUT2D eigenvalue weighted by atomic mass is 10.4. The summed E-state index contributed by atoms with van der Waals surface area (Å²) >= 11 is 1.75. The molecule has 0 bridgehead atoms. The molecule has 1 N–H and O–H groups in total. The van der Waals surface area contributed by atoms with Crippen molar-refractivity contribution in [3.05, 3.63) is 21.7 Å². The van der Waals surface area contributed by atoms with E-state index < -0.39 is 0 Å². The smallest absolute Gasteiger partial charge is 0.116 e. The normalized spacial score (nSPS) is 11.3. The summed E-state index contributed by atoms with van der Waals surface area (Å²) in [7, 11) is 1.96. The van der Waals surface area contributed by atoms with Gasteiger partial charge in [-0.25, -0.2) is 4.98 Å². The monoisotopic (exact) mass is 196 g/mol. The van der Waals surface area contributed by atoms with Crippen LogP contribution in [0.25, 0.3) is 6.08 Å². The molecular formula is C10H16N2S. The molecule has 2 nitrogen and oxygen atoms in total. The minimum absolute atomic E-state index is 1.03. The van der Waals surface area contributed by atoms with Crippen molar-refractivity contribution in [1.82, 2.24) is 10.3 Å². The summed E-state index contributed by atoms with van der Waals surface area (Å²) < 4.78 is 0. The predicted octanol–water partition coefficient (Wildman–Crippen LogP) is 2.38. The maximum atomic E-state index is 4.42. The van der Waals surface area contributed by atoms with Gasteiger partial charge >= 0.3 is 0 Å². The van der Waals surface area contributed by atoms with E-state index in [-0.39, 0.29) is 0 Å². The molecule has 13 heavy (non-hydrogen) atoms. The average molecular weight is 196 g/mol. The Balaban J connectivity index is 2.49. The zero-order valence-electron chi connectivity index (χ0n) is 8.42. The highest BCUT2D eigenvalue weighted by atomic mass is 32.1. The first kappa shape index (κ1) is 10.4. The van der Waals surface area contributed by atoms with Crippen LogP contribution in [0.4, 0.5) is 0 Å². The number of nitrogens with one attached hydrogen (secondary N) is 1. The number of thiazole rings is 1. The number of nitrogens with zero attached hydrogens (tertiary/aromatic N) is 1. The zero-order chi connectivity index (χ0) is 9.68. The minimum atomic E-state index is 1.03. The van der Waals surface area contributed by atoms with E-state index in [1.807, 2.05) is 7.05 Å². The second-order valence-electron chi connectivity index (χ2n) is 2.99. The maximum absolute atomic E-state index is 4.42. The fraction of sp³-hybridized carbons (Fsp3) is 0.500. The molecule has 0 radical (unpaired) electrons. The quantitative estimate of drug-likeness (QED) is 0.748. The SMILES string of the molecule is CNCCC=Cc1nc(C)c(C)s1. The lowest BCUT2D eigenvalue weighted by Crippen LogP contribution is -2.05. The van der Waals surface area contributed by atoms with Gasteiger partial charge in [0.1, 0.15) is 5.01 Å². The van der Waals surface area contributed by atoms with Crippen molar-refractivity contribution in [1.29, 1.82) is 0 Å². The van der Waals surface area contributed by atoms with Crippen LogP contribution in [-0.4, -0.2) is 18.6 Å². The van der Waals surface area contributed by atoms with Crippen LogP contribution in [0.5, 0.6) is 0 Å². The van der Waals surface area contributed by atoms with Crippen molar-refractivity contribution in [3.8, 4) is 0 Å². The fourth-order valence-electron chi connectivity index (χ4n) is 0.981. The predicted molar refractivity (Wildman–Crippen MR) is 59.2 cm³/mol. The Morgan fingerprint density at radius 3 is 2.77 bits per heavy atom. The van der Waals surface area contributed by atoms with Gasteiger partial charge in [0.05, 0.1) is 5.69 Å².